The Balaban J connectivity index is 1.91. The van der Waals surface area contributed by atoms with Gasteiger partial charge in [0.05, 0.1) is 0 Å². The molecule has 112 valence electrons. The SMILES string of the molecule is Br[Se](Br)(c1ccccc1)c1cccc([Se]c2ccccc2)n1. The Morgan fingerprint density at radius 1 is 0.727 bits per heavy atom. The zero-order chi connectivity index (χ0) is 15.4. The predicted octanol–water partition coefficient (Wildman–Crippen LogP) is 2.08. The molecule has 2 aromatic carbocycles. The Kier molecular flexibility index (Phi) is 5.56. The van der Waals surface area contributed by atoms with Gasteiger partial charge in [-0.15, -0.1) is 0 Å². The van der Waals surface area contributed by atoms with Gasteiger partial charge in [0.25, 0.3) is 0 Å². The van der Waals surface area contributed by atoms with Gasteiger partial charge in [-0.1, -0.05) is 0 Å². The van der Waals surface area contributed by atoms with Gasteiger partial charge in [-0.2, -0.15) is 0 Å². The Hall–Kier alpha value is -0.411. The third kappa shape index (κ3) is 3.91. The van der Waals surface area contributed by atoms with Crippen molar-refractivity contribution in [1.29, 1.82) is 0 Å². The standard InChI is InChI=1S/C17H13Br2NSe2/c18-22(19,15-10-5-2-6-11-15)17-13-7-12-16(20-17)21-14-8-3-1-4-9-14/h1-13H. The van der Waals surface area contributed by atoms with Gasteiger partial charge in [0, 0.05) is 0 Å². The summed E-state index contributed by atoms with van der Waals surface area (Å²) in [5.41, 5.74) is 0. The van der Waals surface area contributed by atoms with Crippen molar-refractivity contribution < 1.29 is 0 Å². The number of aromatic nitrogens is 1. The molecule has 1 heterocycles. The van der Waals surface area contributed by atoms with Gasteiger partial charge in [0.1, 0.15) is 0 Å². The van der Waals surface area contributed by atoms with E-state index < -0.39 is 9.23 Å². The van der Waals surface area contributed by atoms with Crippen LogP contribution in [-0.4, -0.2) is 29.2 Å². The van der Waals surface area contributed by atoms with Crippen molar-refractivity contribution >= 4 is 70.5 Å². The van der Waals surface area contributed by atoms with E-state index in [0.29, 0.717) is 0 Å². The van der Waals surface area contributed by atoms with E-state index >= 15 is 0 Å². The predicted molar refractivity (Wildman–Crippen MR) is 105 cm³/mol. The fourth-order valence-electron chi connectivity index (χ4n) is 1.92. The van der Waals surface area contributed by atoms with Crippen molar-refractivity contribution in [3.8, 4) is 0 Å². The summed E-state index contributed by atoms with van der Waals surface area (Å²) in [6, 6.07) is 27.4. The number of hydrogen-bond acceptors (Lipinski definition) is 1. The molecule has 1 aromatic heterocycles. The van der Waals surface area contributed by atoms with Gasteiger partial charge < -0.3 is 0 Å². The molecule has 0 aliphatic carbocycles. The van der Waals surface area contributed by atoms with Crippen LogP contribution in [0.3, 0.4) is 0 Å². The molecule has 0 amide bonds. The molecule has 0 aliphatic heterocycles. The number of rotatable bonds is 4. The molecule has 0 atom stereocenters. The molecule has 22 heavy (non-hydrogen) atoms. The second-order valence-electron chi connectivity index (χ2n) is 4.51. The molecule has 3 aromatic rings. The maximum atomic E-state index is 4.92. The van der Waals surface area contributed by atoms with Crippen molar-refractivity contribution in [3.05, 3.63) is 78.9 Å². The van der Waals surface area contributed by atoms with Crippen LogP contribution in [0, 0.1) is 0 Å². The van der Waals surface area contributed by atoms with Crippen molar-refractivity contribution in [3.63, 3.8) is 0 Å². The van der Waals surface area contributed by atoms with Crippen LogP contribution >= 0.6 is 28.2 Å². The fraction of sp³-hybridized carbons (Fsp3) is 0. The summed E-state index contributed by atoms with van der Waals surface area (Å²) in [5, 5.41) is 0. The third-order valence-electron chi connectivity index (χ3n) is 2.97. The molecule has 0 radical (unpaired) electrons. The Morgan fingerprint density at radius 3 is 2.05 bits per heavy atom. The van der Waals surface area contributed by atoms with Gasteiger partial charge in [-0.25, -0.2) is 0 Å². The second-order valence-corrected chi connectivity index (χ2v) is 25.2. The molecule has 0 bridgehead atoms. The molecular formula is C17H13Br2NSe2. The molecule has 0 saturated heterocycles. The van der Waals surface area contributed by atoms with E-state index in [4.69, 9.17) is 4.98 Å². The first kappa shape index (κ1) is 16.4. The van der Waals surface area contributed by atoms with Crippen LogP contribution in [0.1, 0.15) is 0 Å². The molecule has 0 N–H and O–H groups in total. The average Bonchev–Trinajstić information content (AvgIpc) is 2.57. The van der Waals surface area contributed by atoms with E-state index in [1.54, 1.807) is 0 Å². The van der Waals surface area contributed by atoms with Crippen LogP contribution in [-0.2, 0) is 0 Å². The van der Waals surface area contributed by atoms with Crippen molar-refractivity contribution in [2.75, 3.05) is 0 Å². The van der Waals surface area contributed by atoms with E-state index in [1.807, 2.05) is 6.07 Å². The molecule has 0 aliphatic rings. The summed E-state index contributed by atoms with van der Waals surface area (Å²) in [5.74, 6) is 0. The summed E-state index contributed by atoms with van der Waals surface area (Å²) in [4.78, 5) is 4.92. The number of nitrogens with zero attached hydrogens (tertiary/aromatic N) is 1. The zero-order valence-corrected chi connectivity index (χ0v) is 18.1. The molecule has 1 nitrogen and oxygen atoms in total. The van der Waals surface area contributed by atoms with Gasteiger partial charge >= 0.3 is 154 Å². The van der Waals surface area contributed by atoms with Crippen LogP contribution in [0.5, 0.6) is 0 Å². The van der Waals surface area contributed by atoms with Gasteiger partial charge in [-0.05, 0) is 0 Å². The quantitative estimate of drug-likeness (QED) is 0.455. The summed E-state index contributed by atoms with van der Waals surface area (Å²) >= 11 is 8.11. The molecule has 5 heteroatoms. The van der Waals surface area contributed by atoms with E-state index in [9.17, 15) is 0 Å². The summed E-state index contributed by atoms with van der Waals surface area (Å²) in [6.45, 7) is 0. The average molecular weight is 549 g/mol. The van der Waals surface area contributed by atoms with E-state index in [1.165, 1.54) is 8.92 Å². The first-order valence-corrected chi connectivity index (χ1v) is 18.1. The van der Waals surface area contributed by atoms with Crippen LogP contribution < -0.4 is 18.1 Å². The van der Waals surface area contributed by atoms with Gasteiger partial charge in [0.2, 0.25) is 0 Å². The first-order valence-electron chi connectivity index (χ1n) is 6.64. The molecule has 0 spiro atoms. The van der Waals surface area contributed by atoms with Crippen molar-refractivity contribution in [1.82, 2.24) is 4.98 Å². The molecule has 0 unspecified atom stereocenters. The number of pyridine rings is 1. The number of halogens is 2. The Labute approximate surface area is 153 Å². The molecule has 3 rings (SSSR count). The van der Waals surface area contributed by atoms with Gasteiger partial charge in [0.15, 0.2) is 0 Å². The van der Waals surface area contributed by atoms with Crippen LogP contribution in [0.4, 0.5) is 0 Å². The third-order valence-corrected chi connectivity index (χ3v) is 15.7. The normalized spacial score (nSPS) is 12.1. The Morgan fingerprint density at radius 2 is 1.36 bits per heavy atom. The van der Waals surface area contributed by atoms with Crippen LogP contribution in [0.2, 0.25) is 0 Å². The monoisotopic (exact) mass is 549 g/mol. The first-order chi connectivity index (χ1) is 10.7. The van der Waals surface area contributed by atoms with E-state index in [-0.39, 0.29) is 15.0 Å². The molecular weight excluding hydrogens is 536 g/mol. The van der Waals surface area contributed by atoms with Crippen molar-refractivity contribution in [2.24, 2.45) is 0 Å². The fourth-order valence-corrected chi connectivity index (χ4v) is 10.6. The summed E-state index contributed by atoms with van der Waals surface area (Å²) in [6.07, 6.45) is 0. The Bertz CT molecular complexity index is 749. The topological polar surface area (TPSA) is 12.9 Å². The van der Waals surface area contributed by atoms with Crippen molar-refractivity contribution in [2.45, 2.75) is 0 Å². The minimum atomic E-state index is -2.28. The van der Waals surface area contributed by atoms with Gasteiger partial charge in [-0.3, -0.25) is 0 Å². The summed E-state index contributed by atoms with van der Waals surface area (Å²) < 4.78 is 4.92. The van der Waals surface area contributed by atoms with Crippen LogP contribution in [0.25, 0.3) is 0 Å². The zero-order valence-electron chi connectivity index (χ0n) is 11.5. The van der Waals surface area contributed by atoms with E-state index in [0.717, 1.165) is 9.18 Å². The maximum absolute atomic E-state index is 4.92. The molecule has 0 fully saturated rings. The second kappa shape index (κ2) is 7.44. The molecule has 0 saturated carbocycles. The number of hydrogen-bond donors (Lipinski definition) is 0. The summed E-state index contributed by atoms with van der Waals surface area (Å²) in [7, 11) is -2.28. The van der Waals surface area contributed by atoms with Crippen LogP contribution in [0.15, 0.2) is 78.9 Å². The minimum absolute atomic E-state index is 0.237. The number of benzene rings is 2. The van der Waals surface area contributed by atoms with E-state index in [2.05, 4.69) is 101 Å².